The van der Waals surface area contributed by atoms with Gasteiger partial charge in [0, 0.05) is 37.2 Å². The lowest BCUT2D eigenvalue weighted by Crippen LogP contribution is -2.11. The minimum absolute atomic E-state index is 0.0335. The van der Waals surface area contributed by atoms with Crippen molar-refractivity contribution >= 4 is 0 Å². The van der Waals surface area contributed by atoms with Crippen LogP contribution in [0.4, 0.5) is 8.78 Å². The molecule has 1 aromatic heterocycles. The Morgan fingerprint density at radius 3 is 2.30 bits per heavy atom. The topological polar surface area (TPSA) is 22.1 Å². The molecule has 2 rings (SSSR count). The van der Waals surface area contributed by atoms with Gasteiger partial charge in [-0.1, -0.05) is 76.3 Å². The van der Waals surface area contributed by atoms with Gasteiger partial charge in [-0.3, -0.25) is 0 Å². The molecule has 0 fully saturated rings. The summed E-state index contributed by atoms with van der Waals surface area (Å²) >= 11 is 0. The monoisotopic (exact) mass is 417 g/mol. The van der Waals surface area contributed by atoms with E-state index in [0.717, 1.165) is 18.4 Å². The number of pyridine rings is 1. The van der Waals surface area contributed by atoms with Gasteiger partial charge in [0.15, 0.2) is 0 Å². The van der Waals surface area contributed by atoms with Crippen LogP contribution in [0.25, 0.3) is 11.3 Å². The first-order valence-electron chi connectivity index (χ1n) is 11.6. The molecule has 0 aliphatic rings. The van der Waals surface area contributed by atoms with Gasteiger partial charge in [-0.2, -0.15) is 4.39 Å². The van der Waals surface area contributed by atoms with E-state index in [0.29, 0.717) is 24.5 Å². The van der Waals surface area contributed by atoms with Crippen molar-refractivity contribution in [2.75, 3.05) is 13.2 Å². The summed E-state index contributed by atoms with van der Waals surface area (Å²) in [5, 5.41) is 0. The highest BCUT2D eigenvalue weighted by Gasteiger charge is 2.13. The summed E-state index contributed by atoms with van der Waals surface area (Å²) in [5.41, 5.74) is 3.10. The van der Waals surface area contributed by atoms with Crippen LogP contribution in [0.3, 0.4) is 0 Å². The summed E-state index contributed by atoms with van der Waals surface area (Å²) < 4.78 is 33.8. The fourth-order valence-corrected chi connectivity index (χ4v) is 3.53. The number of unbranched alkanes of at least 4 members (excludes halogenated alkanes) is 5. The van der Waals surface area contributed by atoms with Gasteiger partial charge in [0.05, 0.1) is 5.69 Å². The maximum Gasteiger partial charge on any atom is 0.216 e. The van der Waals surface area contributed by atoms with E-state index in [1.807, 2.05) is 19.1 Å². The van der Waals surface area contributed by atoms with Crippen LogP contribution in [0.15, 0.2) is 36.4 Å². The van der Waals surface area contributed by atoms with Crippen molar-refractivity contribution in [3.63, 3.8) is 0 Å². The SMILES string of the molecule is CCCCCCCCc1ccc(-c2ccc(CC(F)CCOCCC)c(F)n2)cc1. The molecule has 1 aromatic carbocycles. The fourth-order valence-electron chi connectivity index (χ4n) is 3.53. The maximum absolute atomic E-state index is 14.4. The first-order chi connectivity index (χ1) is 14.6. The minimum atomic E-state index is -1.12. The Hall–Kier alpha value is -1.81. The zero-order valence-corrected chi connectivity index (χ0v) is 18.6. The standard InChI is InChI=1S/C26H37F2NO/c1-3-5-6-7-8-9-10-21-11-13-22(14-12-21)25-16-15-23(26(28)29-25)20-24(27)17-19-30-18-4-2/h11-16,24H,3-10,17-20H2,1-2H3. The first-order valence-corrected chi connectivity index (χ1v) is 11.6. The van der Waals surface area contributed by atoms with E-state index in [1.165, 1.54) is 44.1 Å². The molecule has 0 saturated carbocycles. The highest BCUT2D eigenvalue weighted by molar-refractivity contribution is 5.59. The van der Waals surface area contributed by atoms with Crippen LogP contribution in [0.2, 0.25) is 0 Å². The van der Waals surface area contributed by atoms with E-state index in [-0.39, 0.29) is 12.8 Å². The quantitative estimate of drug-likeness (QED) is 0.221. The molecule has 1 unspecified atom stereocenters. The van der Waals surface area contributed by atoms with Crippen molar-refractivity contribution in [2.45, 2.75) is 84.2 Å². The molecule has 0 aliphatic heterocycles. The van der Waals surface area contributed by atoms with Gasteiger partial charge in [-0.15, -0.1) is 0 Å². The molecule has 166 valence electrons. The highest BCUT2D eigenvalue weighted by Crippen LogP contribution is 2.21. The molecule has 0 amide bonds. The number of hydrogen-bond acceptors (Lipinski definition) is 2. The van der Waals surface area contributed by atoms with Crippen molar-refractivity contribution in [3.8, 4) is 11.3 Å². The third kappa shape index (κ3) is 8.91. The third-order valence-electron chi connectivity index (χ3n) is 5.36. The van der Waals surface area contributed by atoms with Gasteiger partial charge in [0.1, 0.15) is 6.17 Å². The number of rotatable bonds is 15. The Labute approximate surface area is 181 Å². The van der Waals surface area contributed by atoms with Gasteiger partial charge < -0.3 is 4.74 Å². The molecule has 0 aliphatic carbocycles. The molecule has 4 heteroatoms. The average Bonchev–Trinajstić information content (AvgIpc) is 2.75. The summed E-state index contributed by atoms with van der Waals surface area (Å²) in [4.78, 5) is 4.08. The summed E-state index contributed by atoms with van der Waals surface area (Å²) in [5.74, 6) is -0.583. The van der Waals surface area contributed by atoms with E-state index in [2.05, 4.69) is 24.0 Å². The summed E-state index contributed by atoms with van der Waals surface area (Å²) in [6.07, 6.45) is 8.91. The number of hydrogen-bond donors (Lipinski definition) is 0. The Morgan fingerprint density at radius 2 is 1.60 bits per heavy atom. The van der Waals surface area contributed by atoms with Crippen LogP contribution in [0.1, 0.15) is 76.3 Å². The first kappa shape index (κ1) is 24.5. The second kappa shape index (κ2) is 14.2. The molecule has 30 heavy (non-hydrogen) atoms. The van der Waals surface area contributed by atoms with Crippen molar-refractivity contribution in [1.29, 1.82) is 0 Å². The zero-order valence-electron chi connectivity index (χ0n) is 18.6. The Balaban J connectivity index is 1.83. The largest absolute Gasteiger partial charge is 0.381 e. The van der Waals surface area contributed by atoms with E-state index >= 15 is 0 Å². The summed E-state index contributed by atoms with van der Waals surface area (Å²) in [6, 6.07) is 11.6. The lowest BCUT2D eigenvalue weighted by atomic mass is 10.0. The van der Waals surface area contributed by atoms with Crippen molar-refractivity contribution in [1.82, 2.24) is 4.98 Å². The van der Waals surface area contributed by atoms with E-state index < -0.39 is 12.1 Å². The lowest BCUT2D eigenvalue weighted by molar-refractivity contribution is 0.112. The number of nitrogens with zero attached hydrogens (tertiary/aromatic N) is 1. The van der Waals surface area contributed by atoms with Crippen LogP contribution < -0.4 is 0 Å². The highest BCUT2D eigenvalue weighted by atomic mass is 19.1. The molecule has 1 heterocycles. The van der Waals surface area contributed by atoms with Gasteiger partial charge in [0.25, 0.3) is 0 Å². The molecular weight excluding hydrogens is 380 g/mol. The minimum Gasteiger partial charge on any atom is -0.381 e. The van der Waals surface area contributed by atoms with E-state index in [9.17, 15) is 8.78 Å². The number of aromatic nitrogens is 1. The average molecular weight is 418 g/mol. The summed E-state index contributed by atoms with van der Waals surface area (Å²) in [6.45, 7) is 5.25. The van der Waals surface area contributed by atoms with Crippen molar-refractivity contribution in [3.05, 3.63) is 53.5 Å². The van der Waals surface area contributed by atoms with Crippen LogP contribution in [0.5, 0.6) is 0 Å². The van der Waals surface area contributed by atoms with Gasteiger partial charge in [-0.05, 0) is 30.9 Å². The molecular formula is C26H37F2NO. The predicted molar refractivity (Wildman–Crippen MR) is 121 cm³/mol. The predicted octanol–water partition coefficient (Wildman–Crippen LogP) is 7.49. The Kier molecular flexibility index (Phi) is 11.6. The third-order valence-corrected chi connectivity index (χ3v) is 5.36. The molecule has 1 atom stereocenters. The van der Waals surface area contributed by atoms with Gasteiger partial charge in [-0.25, -0.2) is 9.37 Å². The van der Waals surface area contributed by atoms with Crippen molar-refractivity contribution < 1.29 is 13.5 Å². The second-order valence-corrected chi connectivity index (χ2v) is 8.06. The van der Waals surface area contributed by atoms with Gasteiger partial charge >= 0.3 is 0 Å². The molecule has 0 saturated heterocycles. The number of alkyl halides is 1. The van der Waals surface area contributed by atoms with Crippen molar-refractivity contribution in [2.24, 2.45) is 0 Å². The normalized spacial score (nSPS) is 12.3. The smallest absolute Gasteiger partial charge is 0.216 e. The maximum atomic E-state index is 14.4. The Morgan fingerprint density at radius 1 is 0.867 bits per heavy atom. The zero-order chi connectivity index (χ0) is 21.6. The van der Waals surface area contributed by atoms with Crippen LogP contribution >= 0.6 is 0 Å². The fraction of sp³-hybridized carbons (Fsp3) is 0.577. The van der Waals surface area contributed by atoms with Gasteiger partial charge in [0.2, 0.25) is 5.95 Å². The molecule has 2 nitrogen and oxygen atoms in total. The van der Waals surface area contributed by atoms with Crippen LogP contribution in [-0.2, 0) is 17.6 Å². The Bertz CT molecular complexity index is 717. The number of aryl methyl sites for hydroxylation is 1. The summed E-state index contributed by atoms with van der Waals surface area (Å²) in [7, 11) is 0. The molecule has 0 radical (unpaired) electrons. The second-order valence-electron chi connectivity index (χ2n) is 8.06. The molecule has 0 bridgehead atoms. The number of ether oxygens (including phenoxy) is 1. The van der Waals surface area contributed by atoms with Crippen LogP contribution in [-0.4, -0.2) is 24.4 Å². The number of benzene rings is 1. The van der Waals surface area contributed by atoms with E-state index in [4.69, 9.17) is 4.74 Å². The van der Waals surface area contributed by atoms with E-state index in [1.54, 1.807) is 12.1 Å². The molecule has 0 N–H and O–H groups in total. The lowest BCUT2D eigenvalue weighted by Gasteiger charge is -2.10. The van der Waals surface area contributed by atoms with Crippen LogP contribution in [0, 0.1) is 5.95 Å². The number of halogens is 2. The molecule has 2 aromatic rings. The molecule has 0 spiro atoms.